The predicted molar refractivity (Wildman–Crippen MR) is 105 cm³/mol. The standard InChI is InChI=1S/C21H20N2O2S/c1-22(2)26(24,25)18-11-10-17-13-21-19(20(17)14-18)9-6-12-23(21)15-16-7-4-3-5-8-16/h3-14H,15H2,1-2H3. The summed E-state index contributed by atoms with van der Waals surface area (Å²) < 4.78 is 28.4. The largest absolute Gasteiger partial charge is 0.343 e. The molecule has 2 aliphatic rings. The van der Waals surface area contributed by atoms with E-state index in [0.29, 0.717) is 4.90 Å². The smallest absolute Gasteiger partial charge is 0.242 e. The number of hydrogen-bond donors (Lipinski definition) is 0. The molecule has 132 valence electrons. The van der Waals surface area contributed by atoms with E-state index in [1.165, 1.54) is 9.87 Å². The summed E-state index contributed by atoms with van der Waals surface area (Å²) in [4.78, 5) is 0.320. The molecule has 1 aliphatic carbocycles. The third-order valence-electron chi connectivity index (χ3n) is 4.70. The maximum atomic E-state index is 12.5. The van der Waals surface area contributed by atoms with Crippen LogP contribution in [0.15, 0.2) is 77.8 Å². The van der Waals surface area contributed by atoms with Gasteiger partial charge >= 0.3 is 0 Å². The van der Waals surface area contributed by atoms with Crippen molar-refractivity contribution < 1.29 is 8.42 Å². The predicted octanol–water partition coefficient (Wildman–Crippen LogP) is 4.04. The van der Waals surface area contributed by atoms with E-state index in [9.17, 15) is 8.42 Å². The fourth-order valence-corrected chi connectivity index (χ4v) is 4.21. The number of rotatable bonds is 4. The van der Waals surface area contributed by atoms with Crippen LogP contribution in [0.5, 0.6) is 0 Å². The quantitative estimate of drug-likeness (QED) is 0.548. The van der Waals surface area contributed by atoms with Crippen LogP contribution >= 0.6 is 0 Å². The van der Waals surface area contributed by atoms with E-state index in [4.69, 9.17) is 0 Å². The van der Waals surface area contributed by atoms with E-state index in [0.717, 1.165) is 28.6 Å². The Kier molecular flexibility index (Phi) is 4.05. The summed E-state index contributed by atoms with van der Waals surface area (Å²) >= 11 is 0. The van der Waals surface area contributed by atoms with Crippen molar-refractivity contribution in [1.29, 1.82) is 0 Å². The van der Waals surface area contributed by atoms with Crippen molar-refractivity contribution in [1.82, 2.24) is 8.87 Å². The second kappa shape index (κ2) is 6.27. The van der Waals surface area contributed by atoms with Gasteiger partial charge in [0.1, 0.15) is 0 Å². The number of fused-ring (bicyclic) bond motifs is 3. The maximum absolute atomic E-state index is 12.5. The van der Waals surface area contributed by atoms with Crippen molar-refractivity contribution in [2.45, 2.75) is 11.4 Å². The van der Waals surface area contributed by atoms with Gasteiger partial charge in [-0.25, -0.2) is 12.7 Å². The molecular formula is C21H20N2O2S. The van der Waals surface area contributed by atoms with Crippen LogP contribution in [-0.2, 0) is 16.6 Å². The van der Waals surface area contributed by atoms with Gasteiger partial charge in [0.15, 0.2) is 0 Å². The molecule has 1 heterocycles. The highest BCUT2D eigenvalue weighted by molar-refractivity contribution is 7.89. The molecule has 5 heteroatoms. The summed E-state index contributed by atoms with van der Waals surface area (Å²) in [5.41, 5.74) is 3.39. The summed E-state index contributed by atoms with van der Waals surface area (Å²) in [6.07, 6.45) is 2.06. The first-order chi connectivity index (χ1) is 12.5. The third kappa shape index (κ3) is 2.79. The second-order valence-corrected chi connectivity index (χ2v) is 8.75. The number of hydrogen-bond acceptors (Lipinski definition) is 2. The Bertz CT molecular complexity index is 1150. The van der Waals surface area contributed by atoms with Crippen molar-refractivity contribution in [3.8, 4) is 11.3 Å². The second-order valence-electron chi connectivity index (χ2n) is 6.60. The Morgan fingerprint density at radius 3 is 2.42 bits per heavy atom. The Balaban J connectivity index is 1.84. The molecule has 0 saturated carbocycles. The van der Waals surface area contributed by atoms with E-state index in [-0.39, 0.29) is 0 Å². The minimum absolute atomic E-state index is 0.320. The average molecular weight is 364 g/mol. The lowest BCUT2D eigenvalue weighted by molar-refractivity contribution is 0.521. The number of sulfonamides is 1. The first-order valence-corrected chi connectivity index (χ1v) is 9.89. The molecule has 0 bridgehead atoms. The van der Waals surface area contributed by atoms with Crippen LogP contribution in [-0.4, -0.2) is 31.4 Å². The highest BCUT2D eigenvalue weighted by atomic mass is 32.2. The van der Waals surface area contributed by atoms with Gasteiger partial charge in [-0.3, -0.25) is 0 Å². The molecule has 2 aromatic rings. The van der Waals surface area contributed by atoms with E-state index < -0.39 is 10.0 Å². The number of nitrogens with zero attached hydrogens (tertiary/aromatic N) is 2. The zero-order valence-electron chi connectivity index (χ0n) is 14.8. The van der Waals surface area contributed by atoms with E-state index in [1.54, 1.807) is 26.2 Å². The first-order valence-electron chi connectivity index (χ1n) is 8.45. The summed E-state index contributed by atoms with van der Waals surface area (Å²) in [6, 6.07) is 21.8. The van der Waals surface area contributed by atoms with Gasteiger partial charge in [-0.2, -0.15) is 0 Å². The zero-order valence-corrected chi connectivity index (χ0v) is 15.6. The molecule has 4 rings (SSSR count). The van der Waals surface area contributed by atoms with E-state index in [1.807, 2.05) is 36.4 Å². The summed E-state index contributed by atoms with van der Waals surface area (Å²) in [6.45, 7) is 0.775. The van der Waals surface area contributed by atoms with Crippen molar-refractivity contribution >= 4 is 20.8 Å². The molecule has 2 aromatic carbocycles. The molecule has 0 spiro atoms. The SMILES string of the molecule is CN(C)S(=O)(=O)c1ccc2cc3n(Cc4ccccc4)cccc-3c2c1. The van der Waals surface area contributed by atoms with Gasteiger partial charge in [0.2, 0.25) is 10.0 Å². The van der Waals surface area contributed by atoms with Gasteiger partial charge in [0.05, 0.1) is 4.90 Å². The molecule has 0 atom stereocenters. The van der Waals surface area contributed by atoms with Gasteiger partial charge in [0, 0.05) is 38.1 Å². The lowest BCUT2D eigenvalue weighted by Gasteiger charge is -2.13. The lowest BCUT2D eigenvalue weighted by Crippen LogP contribution is -2.22. The molecule has 0 amide bonds. The summed E-state index contributed by atoms with van der Waals surface area (Å²) in [5.74, 6) is 0. The van der Waals surface area contributed by atoms with Gasteiger partial charge in [0.25, 0.3) is 0 Å². The van der Waals surface area contributed by atoms with Crippen LogP contribution in [0.4, 0.5) is 0 Å². The number of pyridine rings is 1. The van der Waals surface area contributed by atoms with Crippen molar-refractivity contribution in [2.75, 3.05) is 14.1 Å². The summed E-state index contributed by atoms with van der Waals surface area (Å²) in [7, 11) is -0.343. The first kappa shape index (κ1) is 16.8. The molecule has 0 N–H and O–H groups in total. The molecule has 1 aliphatic heterocycles. The fourth-order valence-electron chi connectivity index (χ4n) is 3.28. The molecule has 26 heavy (non-hydrogen) atoms. The van der Waals surface area contributed by atoms with Crippen molar-refractivity contribution in [3.05, 3.63) is 78.5 Å². The normalized spacial score (nSPS) is 12.3. The molecule has 4 nitrogen and oxygen atoms in total. The topological polar surface area (TPSA) is 42.3 Å². The van der Waals surface area contributed by atoms with Gasteiger partial charge in [-0.05, 0) is 40.6 Å². The number of benzene rings is 2. The molecule has 0 radical (unpaired) electrons. The molecule has 0 fully saturated rings. The summed E-state index contributed by atoms with van der Waals surface area (Å²) in [5, 5.41) is 2.01. The lowest BCUT2D eigenvalue weighted by atomic mass is 10.1. The Morgan fingerprint density at radius 2 is 1.69 bits per heavy atom. The van der Waals surface area contributed by atoms with Crippen LogP contribution in [0.1, 0.15) is 5.56 Å². The maximum Gasteiger partial charge on any atom is 0.242 e. The molecule has 0 unspecified atom stereocenters. The van der Waals surface area contributed by atoms with Crippen LogP contribution in [0, 0.1) is 0 Å². The third-order valence-corrected chi connectivity index (χ3v) is 6.51. The molecule has 0 saturated heterocycles. The molecule has 0 aromatic heterocycles. The van der Waals surface area contributed by atoms with Gasteiger partial charge in [-0.15, -0.1) is 0 Å². The monoisotopic (exact) mass is 364 g/mol. The van der Waals surface area contributed by atoms with Crippen LogP contribution in [0.25, 0.3) is 22.0 Å². The van der Waals surface area contributed by atoms with Crippen LogP contribution in [0.3, 0.4) is 0 Å². The minimum atomic E-state index is -3.45. The van der Waals surface area contributed by atoms with Gasteiger partial charge in [-0.1, -0.05) is 42.5 Å². The van der Waals surface area contributed by atoms with Crippen LogP contribution < -0.4 is 0 Å². The highest BCUT2D eigenvalue weighted by Gasteiger charge is 2.20. The van der Waals surface area contributed by atoms with Gasteiger partial charge < -0.3 is 4.57 Å². The molecular weight excluding hydrogens is 344 g/mol. The Morgan fingerprint density at radius 1 is 0.923 bits per heavy atom. The average Bonchev–Trinajstić information content (AvgIpc) is 3.01. The zero-order chi connectivity index (χ0) is 18.3. The fraction of sp³-hybridized carbons (Fsp3) is 0.143. The van der Waals surface area contributed by atoms with E-state index >= 15 is 0 Å². The van der Waals surface area contributed by atoms with Crippen molar-refractivity contribution in [2.24, 2.45) is 0 Å². The van der Waals surface area contributed by atoms with Crippen LogP contribution in [0.2, 0.25) is 0 Å². The Labute approximate surface area is 153 Å². The Hall–Kier alpha value is -2.63. The van der Waals surface area contributed by atoms with E-state index in [2.05, 4.69) is 29.0 Å². The highest BCUT2D eigenvalue weighted by Crippen LogP contribution is 2.35. The van der Waals surface area contributed by atoms with Crippen molar-refractivity contribution in [3.63, 3.8) is 0 Å². The number of aromatic nitrogens is 1. The minimum Gasteiger partial charge on any atom is -0.343 e.